The summed E-state index contributed by atoms with van der Waals surface area (Å²) in [7, 11) is 3.74. The summed E-state index contributed by atoms with van der Waals surface area (Å²) in [5, 5.41) is 8.39. The van der Waals surface area contributed by atoms with Gasteiger partial charge in [0, 0.05) is 20.0 Å². The predicted octanol–water partition coefficient (Wildman–Crippen LogP) is 0.597. The van der Waals surface area contributed by atoms with Crippen molar-refractivity contribution in [3.05, 3.63) is 12.4 Å². The molecule has 13 heavy (non-hydrogen) atoms. The summed E-state index contributed by atoms with van der Waals surface area (Å²) in [5.74, 6) is -0.744. The highest BCUT2D eigenvalue weighted by Crippen LogP contribution is 1.93. The zero-order valence-corrected chi connectivity index (χ0v) is 8.23. The minimum Gasteiger partial charge on any atom is -0.481 e. The van der Waals surface area contributed by atoms with Gasteiger partial charge < -0.3 is 10.0 Å². The Morgan fingerprint density at radius 2 is 2.31 bits per heavy atom. The first-order valence-corrected chi connectivity index (χ1v) is 4.16. The van der Waals surface area contributed by atoms with E-state index in [1.165, 1.54) is 0 Å². The molecule has 4 nitrogen and oxygen atoms in total. The highest BCUT2D eigenvalue weighted by molar-refractivity contribution is 5.66. The lowest BCUT2D eigenvalue weighted by Gasteiger charge is -2.10. The minimum atomic E-state index is -0.744. The summed E-state index contributed by atoms with van der Waals surface area (Å²) in [6, 6.07) is 0. The van der Waals surface area contributed by atoms with Gasteiger partial charge in [-0.25, -0.2) is 4.58 Å². The summed E-state index contributed by atoms with van der Waals surface area (Å²) in [4.78, 5) is 12.1. The Hall–Kier alpha value is -1.32. The zero-order valence-electron chi connectivity index (χ0n) is 8.23. The fourth-order valence-electron chi connectivity index (χ4n) is 0.782. The van der Waals surface area contributed by atoms with Crippen LogP contribution in [0, 0.1) is 0 Å². The molecular weight excluding hydrogens is 168 g/mol. The van der Waals surface area contributed by atoms with Crippen molar-refractivity contribution in [1.29, 1.82) is 0 Å². The normalized spacial score (nSPS) is 10.3. The van der Waals surface area contributed by atoms with Crippen molar-refractivity contribution >= 4 is 12.7 Å². The van der Waals surface area contributed by atoms with Crippen LogP contribution in [0.3, 0.4) is 0 Å². The van der Waals surface area contributed by atoms with Gasteiger partial charge in [-0.05, 0) is 6.42 Å². The molecule has 0 rings (SSSR count). The predicted molar refractivity (Wildman–Crippen MR) is 51.9 cm³/mol. The fraction of sp³-hybridized carbons (Fsp3) is 0.556. The highest BCUT2D eigenvalue weighted by Gasteiger charge is 1.97. The van der Waals surface area contributed by atoms with Crippen molar-refractivity contribution in [2.45, 2.75) is 12.8 Å². The number of rotatable bonds is 6. The standard InChI is InChI=1S/C9H16N2O2/c1-10(2)7-8-11(3)6-4-5-9(12)13/h7-8H,1,4-6H2,2-3H3/p+1/b8-7-. The van der Waals surface area contributed by atoms with Crippen molar-refractivity contribution in [3.63, 3.8) is 0 Å². The average Bonchev–Trinajstić information content (AvgIpc) is 2.00. The molecule has 0 amide bonds. The lowest BCUT2D eigenvalue weighted by molar-refractivity contribution is -0.412. The number of aliphatic carboxylic acids is 1. The van der Waals surface area contributed by atoms with E-state index in [2.05, 4.69) is 6.72 Å². The van der Waals surface area contributed by atoms with Gasteiger partial charge in [0.15, 0.2) is 6.20 Å². The van der Waals surface area contributed by atoms with Gasteiger partial charge in [-0.2, -0.15) is 0 Å². The molecule has 0 fully saturated rings. The van der Waals surface area contributed by atoms with Crippen molar-refractivity contribution in [1.82, 2.24) is 4.90 Å². The van der Waals surface area contributed by atoms with Gasteiger partial charge in [0.1, 0.15) is 13.8 Å². The molecule has 0 saturated heterocycles. The van der Waals surface area contributed by atoms with Gasteiger partial charge in [-0.1, -0.05) is 0 Å². The largest absolute Gasteiger partial charge is 0.481 e. The summed E-state index contributed by atoms with van der Waals surface area (Å²) in [6.45, 7) is 4.39. The Morgan fingerprint density at radius 3 is 2.77 bits per heavy atom. The minimum absolute atomic E-state index is 0.221. The topological polar surface area (TPSA) is 43.5 Å². The first-order chi connectivity index (χ1) is 6.02. The van der Waals surface area contributed by atoms with Crippen LogP contribution in [-0.4, -0.2) is 47.9 Å². The van der Waals surface area contributed by atoms with Crippen LogP contribution in [0.15, 0.2) is 12.4 Å². The second-order valence-electron chi connectivity index (χ2n) is 3.03. The molecule has 0 unspecified atom stereocenters. The SMILES string of the molecule is C=[N+](C)/C=C\N(C)CCCC(=O)O. The summed E-state index contributed by atoms with van der Waals surface area (Å²) < 4.78 is 1.69. The quantitative estimate of drug-likeness (QED) is 0.486. The summed E-state index contributed by atoms with van der Waals surface area (Å²) >= 11 is 0. The molecule has 0 aromatic carbocycles. The number of hydrogen-bond donors (Lipinski definition) is 1. The molecule has 0 radical (unpaired) electrons. The molecule has 0 heterocycles. The van der Waals surface area contributed by atoms with E-state index in [4.69, 9.17) is 5.11 Å². The molecule has 0 bridgehead atoms. The molecule has 0 atom stereocenters. The van der Waals surface area contributed by atoms with Crippen LogP contribution in [-0.2, 0) is 4.79 Å². The third-order valence-electron chi connectivity index (χ3n) is 1.48. The Labute approximate surface area is 78.8 Å². The number of carbonyl (C=O) groups is 1. The lowest BCUT2D eigenvalue weighted by Crippen LogP contribution is -2.14. The number of nitrogens with zero attached hydrogens (tertiary/aromatic N) is 2. The highest BCUT2D eigenvalue weighted by atomic mass is 16.4. The van der Waals surface area contributed by atoms with Crippen LogP contribution in [0.25, 0.3) is 0 Å². The fourth-order valence-corrected chi connectivity index (χ4v) is 0.782. The maximum absolute atomic E-state index is 10.2. The van der Waals surface area contributed by atoms with Crippen molar-refractivity contribution in [2.75, 3.05) is 20.6 Å². The number of hydrogen-bond acceptors (Lipinski definition) is 2. The lowest BCUT2D eigenvalue weighted by atomic mass is 10.3. The molecule has 0 aromatic heterocycles. The molecule has 0 saturated carbocycles. The molecule has 74 valence electrons. The third-order valence-corrected chi connectivity index (χ3v) is 1.48. The molecule has 0 spiro atoms. The Balaban J connectivity index is 3.57. The second kappa shape index (κ2) is 6.22. The van der Waals surface area contributed by atoms with E-state index in [0.717, 1.165) is 6.54 Å². The summed E-state index contributed by atoms with van der Waals surface area (Å²) in [6.07, 6.45) is 4.57. The average molecular weight is 185 g/mol. The van der Waals surface area contributed by atoms with Gasteiger partial charge in [0.2, 0.25) is 0 Å². The molecule has 0 aliphatic rings. The number of carboxylic acids is 1. The second-order valence-corrected chi connectivity index (χ2v) is 3.03. The molecule has 0 aromatic rings. The smallest absolute Gasteiger partial charge is 0.303 e. The molecule has 0 aliphatic heterocycles. The van der Waals surface area contributed by atoms with E-state index >= 15 is 0 Å². The molecular formula is C9H17N2O2+. The van der Waals surface area contributed by atoms with Gasteiger partial charge in [0.05, 0.1) is 6.20 Å². The van der Waals surface area contributed by atoms with E-state index in [1.54, 1.807) is 4.58 Å². The maximum atomic E-state index is 10.2. The van der Waals surface area contributed by atoms with Crippen LogP contribution in [0.5, 0.6) is 0 Å². The third kappa shape index (κ3) is 8.59. The van der Waals surface area contributed by atoms with Gasteiger partial charge >= 0.3 is 5.97 Å². The monoisotopic (exact) mass is 185 g/mol. The Kier molecular flexibility index (Phi) is 5.59. The molecule has 4 heteroatoms. The molecule has 1 N–H and O–H groups in total. The Bertz CT molecular complexity index is 212. The van der Waals surface area contributed by atoms with Gasteiger partial charge in [0.25, 0.3) is 0 Å². The van der Waals surface area contributed by atoms with E-state index in [-0.39, 0.29) is 6.42 Å². The van der Waals surface area contributed by atoms with Gasteiger partial charge in [-0.15, -0.1) is 0 Å². The summed E-state index contributed by atoms with van der Waals surface area (Å²) in [5.41, 5.74) is 0. The first kappa shape index (κ1) is 11.7. The van der Waals surface area contributed by atoms with E-state index in [1.807, 2.05) is 31.4 Å². The van der Waals surface area contributed by atoms with Crippen LogP contribution in [0.2, 0.25) is 0 Å². The van der Waals surface area contributed by atoms with Crippen LogP contribution < -0.4 is 0 Å². The van der Waals surface area contributed by atoms with E-state index in [0.29, 0.717) is 6.42 Å². The van der Waals surface area contributed by atoms with E-state index in [9.17, 15) is 4.79 Å². The number of carboxylic acid groups (broad SMARTS) is 1. The zero-order chi connectivity index (χ0) is 10.3. The maximum Gasteiger partial charge on any atom is 0.303 e. The van der Waals surface area contributed by atoms with Gasteiger partial charge in [-0.3, -0.25) is 4.79 Å². The Morgan fingerprint density at radius 1 is 1.69 bits per heavy atom. The first-order valence-electron chi connectivity index (χ1n) is 4.16. The van der Waals surface area contributed by atoms with Crippen LogP contribution >= 0.6 is 0 Å². The van der Waals surface area contributed by atoms with Crippen molar-refractivity contribution in [2.24, 2.45) is 0 Å². The van der Waals surface area contributed by atoms with Crippen molar-refractivity contribution in [3.8, 4) is 0 Å². The van der Waals surface area contributed by atoms with Crippen LogP contribution in [0.4, 0.5) is 0 Å². The van der Waals surface area contributed by atoms with E-state index < -0.39 is 5.97 Å². The molecule has 0 aliphatic carbocycles. The van der Waals surface area contributed by atoms with Crippen molar-refractivity contribution < 1.29 is 14.5 Å². The van der Waals surface area contributed by atoms with Crippen LogP contribution in [0.1, 0.15) is 12.8 Å².